The Labute approximate surface area is 107 Å². The molecule has 98 valence electrons. The molecule has 1 aliphatic rings. The van der Waals surface area contributed by atoms with E-state index in [0.717, 1.165) is 18.4 Å². The van der Waals surface area contributed by atoms with E-state index in [1.165, 1.54) is 6.92 Å². The Morgan fingerprint density at radius 2 is 2.00 bits per heavy atom. The van der Waals surface area contributed by atoms with E-state index in [1.54, 1.807) is 0 Å². The van der Waals surface area contributed by atoms with Gasteiger partial charge in [0.15, 0.2) is 0 Å². The summed E-state index contributed by atoms with van der Waals surface area (Å²) in [4.78, 5) is 12.2. The fourth-order valence-corrected chi connectivity index (χ4v) is 2.02. The van der Waals surface area contributed by atoms with E-state index in [9.17, 15) is 9.90 Å². The third kappa shape index (κ3) is 2.54. The van der Waals surface area contributed by atoms with Gasteiger partial charge in [-0.05, 0) is 25.3 Å². The van der Waals surface area contributed by atoms with E-state index in [4.69, 9.17) is 5.11 Å². The standard InChI is InChI=1S/C14H19NO3/c1-13(18,10-16)9-15-12(17)14(7-8-14)11-5-3-2-4-6-11/h2-6,16,18H,7-10H2,1H3,(H,15,17). The van der Waals surface area contributed by atoms with Crippen LogP contribution in [-0.2, 0) is 10.2 Å². The molecule has 1 atom stereocenters. The third-order valence-electron chi connectivity index (χ3n) is 3.48. The highest BCUT2D eigenvalue weighted by Gasteiger charge is 2.51. The van der Waals surface area contributed by atoms with Crippen LogP contribution in [0.4, 0.5) is 0 Å². The minimum Gasteiger partial charge on any atom is -0.393 e. The summed E-state index contributed by atoms with van der Waals surface area (Å²) in [5.41, 5.74) is -0.666. The maximum absolute atomic E-state index is 12.2. The Bertz CT molecular complexity index is 424. The van der Waals surface area contributed by atoms with Gasteiger partial charge in [-0.3, -0.25) is 4.79 Å². The number of hydrogen-bond donors (Lipinski definition) is 3. The van der Waals surface area contributed by atoms with Crippen LogP contribution in [0.3, 0.4) is 0 Å². The smallest absolute Gasteiger partial charge is 0.230 e. The lowest BCUT2D eigenvalue weighted by Gasteiger charge is -2.23. The molecule has 4 heteroatoms. The van der Waals surface area contributed by atoms with E-state index in [1.807, 2.05) is 30.3 Å². The minimum atomic E-state index is -1.26. The summed E-state index contributed by atoms with van der Waals surface area (Å²) in [7, 11) is 0. The van der Waals surface area contributed by atoms with E-state index >= 15 is 0 Å². The van der Waals surface area contributed by atoms with Crippen LogP contribution in [-0.4, -0.2) is 34.9 Å². The second-order valence-corrected chi connectivity index (χ2v) is 5.29. The fourth-order valence-electron chi connectivity index (χ4n) is 2.02. The van der Waals surface area contributed by atoms with Crippen molar-refractivity contribution < 1.29 is 15.0 Å². The van der Waals surface area contributed by atoms with Crippen LogP contribution in [0, 0.1) is 0 Å². The van der Waals surface area contributed by atoms with Crippen LogP contribution in [0.25, 0.3) is 0 Å². The topological polar surface area (TPSA) is 69.6 Å². The van der Waals surface area contributed by atoms with Crippen LogP contribution < -0.4 is 5.32 Å². The van der Waals surface area contributed by atoms with Gasteiger partial charge >= 0.3 is 0 Å². The van der Waals surface area contributed by atoms with Gasteiger partial charge in [0.25, 0.3) is 0 Å². The van der Waals surface area contributed by atoms with Gasteiger partial charge in [-0.15, -0.1) is 0 Å². The second kappa shape index (κ2) is 4.71. The van der Waals surface area contributed by atoms with Gasteiger partial charge in [0.1, 0.15) is 5.60 Å². The first-order valence-corrected chi connectivity index (χ1v) is 6.17. The molecule has 1 unspecified atom stereocenters. The summed E-state index contributed by atoms with van der Waals surface area (Å²) in [6.07, 6.45) is 1.67. The minimum absolute atomic E-state index is 0.0664. The molecule has 2 rings (SSSR count). The highest BCUT2D eigenvalue weighted by Crippen LogP contribution is 2.48. The Balaban J connectivity index is 2.02. The van der Waals surface area contributed by atoms with Crippen molar-refractivity contribution in [1.82, 2.24) is 5.32 Å². The highest BCUT2D eigenvalue weighted by molar-refractivity contribution is 5.91. The zero-order valence-electron chi connectivity index (χ0n) is 10.5. The molecular formula is C14H19NO3. The van der Waals surface area contributed by atoms with Crippen molar-refractivity contribution in [2.75, 3.05) is 13.2 Å². The van der Waals surface area contributed by atoms with Gasteiger partial charge in [-0.2, -0.15) is 0 Å². The van der Waals surface area contributed by atoms with Crippen molar-refractivity contribution in [2.45, 2.75) is 30.8 Å². The Kier molecular flexibility index (Phi) is 3.41. The normalized spacial score (nSPS) is 19.9. The first kappa shape index (κ1) is 13.1. The number of carbonyl (C=O) groups is 1. The Hall–Kier alpha value is -1.39. The van der Waals surface area contributed by atoms with Crippen LogP contribution in [0.5, 0.6) is 0 Å². The molecule has 1 aliphatic carbocycles. The lowest BCUT2D eigenvalue weighted by molar-refractivity contribution is -0.125. The number of amides is 1. The van der Waals surface area contributed by atoms with Crippen LogP contribution in [0.15, 0.2) is 30.3 Å². The van der Waals surface area contributed by atoms with Gasteiger partial charge in [0.05, 0.1) is 12.0 Å². The van der Waals surface area contributed by atoms with Gasteiger partial charge < -0.3 is 15.5 Å². The molecular weight excluding hydrogens is 230 g/mol. The summed E-state index contributed by atoms with van der Waals surface area (Å²) < 4.78 is 0. The average molecular weight is 249 g/mol. The van der Waals surface area contributed by atoms with Crippen molar-refractivity contribution in [1.29, 1.82) is 0 Å². The molecule has 1 aromatic rings. The molecule has 1 fully saturated rings. The maximum Gasteiger partial charge on any atom is 0.230 e. The monoisotopic (exact) mass is 249 g/mol. The molecule has 1 aromatic carbocycles. The molecule has 0 aliphatic heterocycles. The highest BCUT2D eigenvalue weighted by atomic mass is 16.3. The molecule has 0 heterocycles. The van der Waals surface area contributed by atoms with E-state index in [0.29, 0.717) is 0 Å². The number of carbonyl (C=O) groups excluding carboxylic acids is 1. The molecule has 18 heavy (non-hydrogen) atoms. The van der Waals surface area contributed by atoms with E-state index < -0.39 is 11.0 Å². The molecule has 3 N–H and O–H groups in total. The van der Waals surface area contributed by atoms with E-state index in [2.05, 4.69) is 5.32 Å². The lowest BCUT2D eigenvalue weighted by Crippen LogP contribution is -2.46. The first-order valence-electron chi connectivity index (χ1n) is 6.17. The number of rotatable bonds is 5. The van der Waals surface area contributed by atoms with Crippen molar-refractivity contribution in [3.05, 3.63) is 35.9 Å². The molecule has 1 saturated carbocycles. The SMILES string of the molecule is CC(O)(CO)CNC(=O)C1(c2ccccc2)CC1. The molecule has 0 aromatic heterocycles. The lowest BCUT2D eigenvalue weighted by atomic mass is 9.94. The largest absolute Gasteiger partial charge is 0.393 e. The Morgan fingerprint density at radius 3 is 2.50 bits per heavy atom. The number of nitrogens with one attached hydrogen (secondary N) is 1. The number of benzene rings is 1. The van der Waals surface area contributed by atoms with Gasteiger partial charge in [0.2, 0.25) is 5.91 Å². The molecule has 4 nitrogen and oxygen atoms in total. The molecule has 0 radical (unpaired) electrons. The predicted molar refractivity (Wildman–Crippen MR) is 68.1 cm³/mol. The van der Waals surface area contributed by atoms with Crippen LogP contribution in [0.2, 0.25) is 0 Å². The van der Waals surface area contributed by atoms with Crippen molar-refractivity contribution >= 4 is 5.91 Å². The van der Waals surface area contributed by atoms with E-state index in [-0.39, 0.29) is 19.1 Å². The molecule has 0 bridgehead atoms. The molecule has 0 saturated heterocycles. The van der Waals surface area contributed by atoms with Crippen molar-refractivity contribution in [3.63, 3.8) is 0 Å². The number of aliphatic hydroxyl groups is 2. The summed E-state index contributed by atoms with van der Waals surface area (Å²) >= 11 is 0. The van der Waals surface area contributed by atoms with Crippen LogP contribution >= 0.6 is 0 Å². The van der Waals surface area contributed by atoms with Crippen molar-refractivity contribution in [2.24, 2.45) is 0 Å². The third-order valence-corrected chi connectivity index (χ3v) is 3.48. The summed E-state index contributed by atoms with van der Waals surface area (Å²) in [5, 5.41) is 21.3. The van der Waals surface area contributed by atoms with Crippen molar-refractivity contribution in [3.8, 4) is 0 Å². The maximum atomic E-state index is 12.2. The Morgan fingerprint density at radius 1 is 1.39 bits per heavy atom. The molecule has 0 spiro atoms. The fraction of sp³-hybridized carbons (Fsp3) is 0.500. The average Bonchev–Trinajstić information content (AvgIpc) is 3.19. The summed E-state index contributed by atoms with van der Waals surface area (Å²) in [5.74, 6) is -0.0672. The van der Waals surface area contributed by atoms with Gasteiger partial charge in [-0.1, -0.05) is 30.3 Å². The number of aliphatic hydroxyl groups excluding tert-OH is 1. The number of hydrogen-bond acceptors (Lipinski definition) is 3. The van der Waals surface area contributed by atoms with Crippen LogP contribution in [0.1, 0.15) is 25.3 Å². The zero-order chi connectivity index (χ0) is 13.2. The quantitative estimate of drug-likeness (QED) is 0.715. The first-order chi connectivity index (χ1) is 8.50. The second-order valence-electron chi connectivity index (χ2n) is 5.29. The van der Waals surface area contributed by atoms with Gasteiger partial charge in [0, 0.05) is 6.54 Å². The summed E-state index contributed by atoms with van der Waals surface area (Å²) in [6.45, 7) is 1.19. The summed E-state index contributed by atoms with van der Waals surface area (Å²) in [6, 6.07) is 9.68. The van der Waals surface area contributed by atoms with Gasteiger partial charge in [-0.25, -0.2) is 0 Å². The molecule has 1 amide bonds. The predicted octanol–water partition coefficient (Wildman–Crippen LogP) is 0.578. The zero-order valence-corrected chi connectivity index (χ0v) is 10.5.